The summed E-state index contributed by atoms with van der Waals surface area (Å²) in [7, 11) is 0. The fraction of sp³-hybridized carbons (Fsp3) is 0.471. The molecular formula is C17H18F2N4O. The summed E-state index contributed by atoms with van der Waals surface area (Å²) in [4.78, 5) is 18.5. The largest absolute Gasteiger partial charge is 0.340 e. The van der Waals surface area contributed by atoms with Crippen molar-refractivity contribution in [2.24, 2.45) is 5.92 Å². The highest BCUT2D eigenvalue weighted by Gasteiger charge is 2.47. The number of aromatic nitrogens is 3. The van der Waals surface area contributed by atoms with Crippen molar-refractivity contribution in [3.63, 3.8) is 0 Å². The number of likely N-dealkylation sites (tertiary alicyclic amines) is 1. The van der Waals surface area contributed by atoms with Crippen molar-refractivity contribution in [3.8, 4) is 0 Å². The lowest BCUT2D eigenvalue weighted by Crippen LogP contribution is -2.41. The second kappa shape index (κ2) is 5.96. The SMILES string of the molecule is O=C(C1CC1c1cc(F)ccc1F)N1CCCC(n2cncn2)C1. The van der Waals surface area contributed by atoms with Crippen LogP contribution >= 0.6 is 0 Å². The molecule has 1 saturated heterocycles. The number of amides is 1. The first kappa shape index (κ1) is 15.2. The first-order chi connectivity index (χ1) is 11.6. The predicted octanol–water partition coefficient (Wildman–Crippen LogP) is 2.52. The molecule has 5 nitrogen and oxygen atoms in total. The number of carbonyl (C=O) groups excluding carboxylic acids is 1. The van der Waals surface area contributed by atoms with E-state index in [1.807, 2.05) is 4.90 Å². The van der Waals surface area contributed by atoms with E-state index in [9.17, 15) is 13.6 Å². The average Bonchev–Trinajstić information content (AvgIpc) is 3.19. The number of nitrogens with zero attached hydrogens (tertiary/aromatic N) is 4. The Kier molecular flexibility index (Phi) is 3.78. The molecule has 2 aromatic rings. The fourth-order valence-electron chi connectivity index (χ4n) is 3.62. The van der Waals surface area contributed by atoms with Gasteiger partial charge < -0.3 is 4.90 Å². The van der Waals surface area contributed by atoms with Crippen LogP contribution in [0.15, 0.2) is 30.9 Å². The summed E-state index contributed by atoms with van der Waals surface area (Å²) >= 11 is 0. The minimum absolute atomic E-state index is 0.0356. The summed E-state index contributed by atoms with van der Waals surface area (Å²) in [6, 6.07) is 3.58. The number of halogens is 2. The molecule has 3 atom stereocenters. The van der Waals surface area contributed by atoms with Gasteiger partial charge in [-0.1, -0.05) is 0 Å². The molecule has 1 amide bonds. The number of rotatable bonds is 3. The van der Waals surface area contributed by atoms with E-state index >= 15 is 0 Å². The topological polar surface area (TPSA) is 51.0 Å². The van der Waals surface area contributed by atoms with Gasteiger partial charge in [0.05, 0.1) is 6.04 Å². The zero-order valence-corrected chi connectivity index (χ0v) is 13.1. The molecule has 24 heavy (non-hydrogen) atoms. The number of piperidine rings is 1. The molecule has 126 valence electrons. The molecule has 1 aliphatic heterocycles. The Morgan fingerprint density at radius 2 is 2.17 bits per heavy atom. The van der Waals surface area contributed by atoms with E-state index in [1.54, 1.807) is 11.0 Å². The van der Waals surface area contributed by atoms with Crippen LogP contribution in [0.3, 0.4) is 0 Å². The van der Waals surface area contributed by atoms with Gasteiger partial charge in [0.1, 0.15) is 24.3 Å². The molecule has 2 heterocycles. The van der Waals surface area contributed by atoms with Crippen LogP contribution in [-0.2, 0) is 4.79 Å². The van der Waals surface area contributed by atoms with Crippen molar-refractivity contribution in [2.75, 3.05) is 13.1 Å². The molecule has 1 aliphatic carbocycles. The lowest BCUT2D eigenvalue weighted by Gasteiger charge is -2.32. The van der Waals surface area contributed by atoms with Crippen LogP contribution < -0.4 is 0 Å². The summed E-state index contributed by atoms with van der Waals surface area (Å²) in [5.41, 5.74) is 0.318. The van der Waals surface area contributed by atoms with E-state index in [1.165, 1.54) is 12.4 Å². The Labute approximate surface area is 138 Å². The minimum atomic E-state index is -0.464. The maximum Gasteiger partial charge on any atom is 0.226 e. The Morgan fingerprint density at radius 3 is 2.96 bits per heavy atom. The normalized spacial score (nSPS) is 26.4. The second-order valence-electron chi connectivity index (χ2n) is 6.57. The van der Waals surface area contributed by atoms with Crippen molar-refractivity contribution in [3.05, 3.63) is 48.1 Å². The quantitative estimate of drug-likeness (QED) is 0.868. The number of hydrogen-bond donors (Lipinski definition) is 0. The predicted molar refractivity (Wildman–Crippen MR) is 82.1 cm³/mol. The van der Waals surface area contributed by atoms with Gasteiger partial charge in [0.2, 0.25) is 5.91 Å². The monoisotopic (exact) mass is 332 g/mol. The van der Waals surface area contributed by atoms with E-state index < -0.39 is 11.6 Å². The van der Waals surface area contributed by atoms with Crippen LogP contribution in [-0.4, -0.2) is 38.7 Å². The first-order valence-corrected chi connectivity index (χ1v) is 8.21. The van der Waals surface area contributed by atoms with E-state index in [-0.39, 0.29) is 23.8 Å². The molecular weight excluding hydrogens is 314 g/mol. The third kappa shape index (κ3) is 2.79. The molecule has 3 unspecified atom stereocenters. The molecule has 0 bridgehead atoms. The minimum Gasteiger partial charge on any atom is -0.340 e. The van der Waals surface area contributed by atoms with Crippen LogP contribution in [0.2, 0.25) is 0 Å². The van der Waals surface area contributed by atoms with Gasteiger partial charge in [0, 0.05) is 19.0 Å². The number of benzene rings is 1. The molecule has 2 aliphatic rings. The standard InChI is InChI=1S/C17H18F2N4O/c18-11-3-4-16(19)14(6-11)13-7-15(13)17(24)22-5-1-2-12(8-22)23-10-20-9-21-23/h3-4,6,9-10,12-13,15H,1-2,5,7-8H2. The van der Waals surface area contributed by atoms with E-state index in [4.69, 9.17) is 0 Å². The van der Waals surface area contributed by atoms with Crippen molar-refractivity contribution < 1.29 is 13.6 Å². The van der Waals surface area contributed by atoms with Crippen LogP contribution in [0.1, 0.15) is 36.8 Å². The number of hydrogen-bond acceptors (Lipinski definition) is 3. The maximum absolute atomic E-state index is 13.9. The van der Waals surface area contributed by atoms with Gasteiger partial charge >= 0.3 is 0 Å². The second-order valence-corrected chi connectivity index (χ2v) is 6.57. The Balaban J connectivity index is 1.44. The van der Waals surface area contributed by atoms with Gasteiger partial charge in [0.25, 0.3) is 0 Å². The molecule has 7 heteroatoms. The summed E-state index contributed by atoms with van der Waals surface area (Å²) < 4.78 is 29.0. The summed E-state index contributed by atoms with van der Waals surface area (Å²) in [5.74, 6) is -1.31. The first-order valence-electron chi connectivity index (χ1n) is 8.21. The molecule has 2 fully saturated rings. The third-order valence-electron chi connectivity index (χ3n) is 4.98. The fourth-order valence-corrected chi connectivity index (χ4v) is 3.62. The van der Waals surface area contributed by atoms with Crippen LogP contribution in [0, 0.1) is 17.6 Å². The molecule has 4 rings (SSSR count). The Morgan fingerprint density at radius 1 is 1.29 bits per heavy atom. The molecule has 1 aromatic carbocycles. The van der Waals surface area contributed by atoms with Crippen molar-refractivity contribution in [1.29, 1.82) is 0 Å². The van der Waals surface area contributed by atoms with Gasteiger partial charge in [-0.05, 0) is 48.9 Å². The van der Waals surface area contributed by atoms with Crippen molar-refractivity contribution in [1.82, 2.24) is 19.7 Å². The molecule has 0 N–H and O–H groups in total. The van der Waals surface area contributed by atoms with Gasteiger partial charge in [-0.15, -0.1) is 0 Å². The molecule has 1 saturated carbocycles. The summed E-state index contributed by atoms with van der Waals surface area (Å²) in [5, 5.41) is 4.15. The van der Waals surface area contributed by atoms with E-state index in [2.05, 4.69) is 10.1 Å². The van der Waals surface area contributed by atoms with Gasteiger partial charge in [-0.25, -0.2) is 18.4 Å². The highest BCUT2D eigenvalue weighted by atomic mass is 19.1. The van der Waals surface area contributed by atoms with Crippen LogP contribution in [0.4, 0.5) is 8.78 Å². The van der Waals surface area contributed by atoms with E-state index in [0.717, 1.165) is 25.0 Å². The summed E-state index contributed by atoms with van der Waals surface area (Å²) in [6.07, 6.45) is 5.61. The zero-order valence-electron chi connectivity index (χ0n) is 13.1. The zero-order chi connectivity index (χ0) is 16.7. The van der Waals surface area contributed by atoms with E-state index in [0.29, 0.717) is 25.1 Å². The van der Waals surface area contributed by atoms with Crippen LogP contribution in [0.5, 0.6) is 0 Å². The lowest BCUT2D eigenvalue weighted by atomic mass is 10.0. The molecule has 0 spiro atoms. The highest BCUT2D eigenvalue weighted by Crippen LogP contribution is 2.49. The molecule has 0 radical (unpaired) electrons. The summed E-state index contributed by atoms with van der Waals surface area (Å²) in [6.45, 7) is 1.30. The average molecular weight is 332 g/mol. The lowest BCUT2D eigenvalue weighted by molar-refractivity contribution is -0.134. The van der Waals surface area contributed by atoms with Crippen molar-refractivity contribution in [2.45, 2.75) is 31.2 Å². The highest BCUT2D eigenvalue weighted by molar-refractivity contribution is 5.83. The van der Waals surface area contributed by atoms with Gasteiger partial charge in [0.15, 0.2) is 0 Å². The Hall–Kier alpha value is -2.31. The number of carbonyl (C=O) groups is 1. The van der Waals surface area contributed by atoms with Gasteiger partial charge in [-0.3, -0.25) is 4.79 Å². The third-order valence-corrected chi connectivity index (χ3v) is 4.98. The Bertz CT molecular complexity index is 749. The van der Waals surface area contributed by atoms with Crippen LogP contribution in [0.25, 0.3) is 0 Å². The van der Waals surface area contributed by atoms with Gasteiger partial charge in [-0.2, -0.15) is 5.10 Å². The molecule has 1 aromatic heterocycles. The smallest absolute Gasteiger partial charge is 0.226 e. The van der Waals surface area contributed by atoms with Crippen molar-refractivity contribution >= 4 is 5.91 Å². The maximum atomic E-state index is 13.9.